The summed E-state index contributed by atoms with van der Waals surface area (Å²) >= 11 is 3.86. The van der Waals surface area contributed by atoms with Gasteiger partial charge >= 0.3 is 0 Å². The molecule has 216 valence electrons. The first-order chi connectivity index (χ1) is 22.8. The van der Waals surface area contributed by atoms with E-state index in [1.807, 2.05) is 22.7 Å². The van der Waals surface area contributed by atoms with E-state index in [1.165, 1.54) is 84.9 Å². The van der Waals surface area contributed by atoms with E-state index in [-0.39, 0.29) is 11.8 Å². The third kappa shape index (κ3) is 3.84. The lowest BCUT2D eigenvalue weighted by molar-refractivity contribution is 0.649. The molecule has 0 N–H and O–H groups in total. The fourth-order valence-electron chi connectivity index (χ4n) is 7.95. The Morgan fingerprint density at radius 3 is 2.11 bits per heavy atom. The Morgan fingerprint density at radius 2 is 1.22 bits per heavy atom. The van der Waals surface area contributed by atoms with E-state index in [0.717, 1.165) is 0 Å². The smallest absolute Gasteiger partial charge is 0.0540 e. The van der Waals surface area contributed by atoms with E-state index in [1.54, 1.807) is 0 Å². The third-order valence-electron chi connectivity index (χ3n) is 9.89. The van der Waals surface area contributed by atoms with Crippen LogP contribution in [0.1, 0.15) is 28.2 Å². The molecule has 6 aromatic carbocycles. The van der Waals surface area contributed by atoms with Crippen molar-refractivity contribution in [2.45, 2.75) is 5.92 Å². The van der Waals surface area contributed by atoms with Crippen LogP contribution >= 0.6 is 22.7 Å². The summed E-state index contributed by atoms with van der Waals surface area (Å²) in [6.07, 6.45) is 9.20. The maximum Gasteiger partial charge on any atom is 0.0540 e. The highest BCUT2D eigenvalue weighted by molar-refractivity contribution is 7.33. The molecule has 2 aliphatic rings. The van der Waals surface area contributed by atoms with Gasteiger partial charge in [0.1, 0.15) is 0 Å². The minimum absolute atomic E-state index is 0.280. The molecule has 2 unspecified atom stereocenters. The molecule has 0 spiro atoms. The van der Waals surface area contributed by atoms with Crippen LogP contribution in [-0.4, -0.2) is 0 Å². The monoisotopic (exact) mass is 620 g/mol. The minimum Gasteiger partial charge on any atom is -0.134 e. The Balaban J connectivity index is 1.24. The molecular weight excluding hydrogens is 593 g/mol. The van der Waals surface area contributed by atoms with Gasteiger partial charge in [0.2, 0.25) is 0 Å². The Bertz CT molecular complexity index is 2590. The van der Waals surface area contributed by atoms with Gasteiger partial charge in [-0.05, 0) is 68.8 Å². The van der Waals surface area contributed by atoms with Crippen LogP contribution in [0.4, 0.5) is 0 Å². The summed E-state index contributed by atoms with van der Waals surface area (Å²) in [6.45, 7) is 0. The molecule has 0 amide bonds. The quantitative estimate of drug-likeness (QED) is 0.184. The van der Waals surface area contributed by atoms with Crippen molar-refractivity contribution in [1.82, 2.24) is 0 Å². The summed E-state index contributed by atoms with van der Waals surface area (Å²) in [6, 6.07) is 49.7. The van der Waals surface area contributed by atoms with E-state index in [2.05, 4.69) is 158 Å². The van der Waals surface area contributed by atoms with Crippen molar-refractivity contribution >= 4 is 68.6 Å². The lowest BCUT2D eigenvalue weighted by atomic mass is 9.66. The second-order valence-corrected chi connectivity index (χ2v) is 14.5. The van der Waals surface area contributed by atoms with Crippen molar-refractivity contribution in [3.63, 3.8) is 0 Å². The van der Waals surface area contributed by atoms with Gasteiger partial charge in [-0.15, -0.1) is 22.7 Å². The lowest BCUT2D eigenvalue weighted by Gasteiger charge is -2.37. The lowest BCUT2D eigenvalue weighted by Crippen LogP contribution is -2.22. The molecule has 0 bridgehead atoms. The van der Waals surface area contributed by atoms with Crippen molar-refractivity contribution in [1.29, 1.82) is 0 Å². The molecular formula is C44H28S2. The Morgan fingerprint density at radius 1 is 0.500 bits per heavy atom. The molecule has 0 radical (unpaired) electrons. The number of rotatable bonds is 3. The van der Waals surface area contributed by atoms with Crippen molar-refractivity contribution < 1.29 is 0 Å². The largest absolute Gasteiger partial charge is 0.134 e. The fraction of sp³-hybridized carbons (Fsp3) is 0.0455. The van der Waals surface area contributed by atoms with Crippen LogP contribution in [0, 0.1) is 5.92 Å². The SMILES string of the molecule is C1=CC2=C(c3cccc(-c4cc5c6ccccc6sc5c5sc6ccccc6c45)c3)c3ccccc3C(c3ccccc3)C2C=C1. The molecule has 2 aromatic heterocycles. The van der Waals surface area contributed by atoms with E-state index in [0.29, 0.717) is 0 Å². The van der Waals surface area contributed by atoms with Crippen molar-refractivity contribution in [3.8, 4) is 11.1 Å². The second kappa shape index (κ2) is 10.3. The number of hydrogen-bond acceptors (Lipinski definition) is 2. The van der Waals surface area contributed by atoms with Crippen molar-refractivity contribution in [2.24, 2.45) is 5.92 Å². The van der Waals surface area contributed by atoms with Crippen LogP contribution in [-0.2, 0) is 0 Å². The molecule has 0 saturated heterocycles. The van der Waals surface area contributed by atoms with Gasteiger partial charge in [0.05, 0.1) is 9.40 Å². The minimum atomic E-state index is 0.280. The number of benzene rings is 6. The third-order valence-corrected chi connectivity index (χ3v) is 12.4. The molecule has 2 heteroatoms. The summed E-state index contributed by atoms with van der Waals surface area (Å²) in [5.41, 5.74) is 10.7. The van der Waals surface area contributed by atoms with Crippen LogP contribution in [0.5, 0.6) is 0 Å². The predicted octanol–water partition coefficient (Wildman–Crippen LogP) is 12.8. The number of fused-ring (bicyclic) bond motifs is 9. The fourth-order valence-corrected chi connectivity index (χ4v) is 10.5. The van der Waals surface area contributed by atoms with Gasteiger partial charge in [-0.1, -0.05) is 133 Å². The van der Waals surface area contributed by atoms with Crippen LogP contribution in [0.3, 0.4) is 0 Å². The highest BCUT2D eigenvalue weighted by Gasteiger charge is 2.35. The normalized spacial score (nSPS) is 17.3. The summed E-state index contributed by atoms with van der Waals surface area (Å²) < 4.78 is 5.50. The van der Waals surface area contributed by atoms with Crippen LogP contribution in [0.2, 0.25) is 0 Å². The number of thiophene rings is 2. The molecule has 8 aromatic rings. The van der Waals surface area contributed by atoms with E-state index < -0.39 is 0 Å². The Labute approximate surface area is 275 Å². The first-order valence-corrected chi connectivity index (χ1v) is 17.6. The second-order valence-electron chi connectivity index (χ2n) is 12.4. The molecule has 46 heavy (non-hydrogen) atoms. The van der Waals surface area contributed by atoms with Gasteiger partial charge < -0.3 is 0 Å². The zero-order valence-corrected chi connectivity index (χ0v) is 26.6. The predicted molar refractivity (Wildman–Crippen MR) is 200 cm³/mol. The molecule has 2 aliphatic carbocycles. The van der Waals surface area contributed by atoms with Gasteiger partial charge in [-0.25, -0.2) is 0 Å². The van der Waals surface area contributed by atoms with Crippen LogP contribution in [0.25, 0.3) is 57.0 Å². The highest BCUT2D eigenvalue weighted by Crippen LogP contribution is 2.52. The molecule has 0 nitrogen and oxygen atoms in total. The summed E-state index contributed by atoms with van der Waals surface area (Å²) in [7, 11) is 0. The molecule has 10 rings (SSSR count). The molecule has 0 aliphatic heterocycles. The molecule has 2 heterocycles. The molecule has 0 fully saturated rings. The van der Waals surface area contributed by atoms with E-state index in [4.69, 9.17) is 0 Å². The average Bonchev–Trinajstić information content (AvgIpc) is 3.70. The standard InChI is InChI=1S/C44H28S2/c1-2-13-27(14-3-1)40-31-18-4-6-20-33(31)41(34-21-7-5-19-32(34)40)29-16-12-15-28(25-29)36-26-37-30-17-8-10-23-38(30)45-43(37)44-42(36)35-22-9-11-24-39(35)46-44/h1-26,31,40H. The summed E-state index contributed by atoms with van der Waals surface area (Å²) in [5, 5.41) is 5.43. The van der Waals surface area contributed by atoms with Gasteiger partial charge in [0.15, 0.2) is 0 Å². The van der Waals surface area contributed by atoms with Gasteiger partial charge in [0, 0.05) is 42.8 Å². The van der Waals surface area contributed by atoms with Crippen LogP contribution < -0.4 is 0 Å². The van der Waals surface area contributed by atoms with E-state index in [9.17, 15) is 0 Å². The molecule has 2 atom stereocenters. The van der Waals surface area contributed by atoms with Gasteiger partial charge in [0.25, 0.3) is 0 Å². The molecule has 0 saturated carbocycles. The van der Waals surface area contributed by atoms with Crippen molar-refractivity contribution in [3.05, 3.63) is 186 Å². The zero-order valence-electron chi connectivity index (χ0n) is 25.0. The van der Waals surface area contributed by atoms with Gasteiger partial charge in [-0.2, -0.15) is 0 Å². The van der Waals surface area contributed by atoms with Gasteiger partial charge in [-0.3, -0.25) is 0 Å². The average molecular weight is 621 g/mol. The van der Waals surface area contributed by atoms with E-state index >= 15 is 0 Å². The number of hydrogen-bond donors (Lipinski definition) is 0. The Hall–Kier alpha value is -5.02. The Kier molecular flexibility index (Phi) is 5.84. The van der Waals surface area contributed by atoms with Crippen LogP contribution in [0.15, 0.2) is 163 Å². The highest BCUT2D eigenvalue weighted by atomic mass is 32.1. The topological polar surface area (TPSA) is 0 Å². The first-order valence-electron chi connectivity index (χ1n) is 15.9. The zero-order chi connectivity index (χ0) is 30.2. The maximum atomic E-state index is 2.47. The number of allylic oxidation sites excluding steroid dienone is 5. The van der Waals surface area contributed by atoms with Crippen molar-refractivity contribution in [2.75, 3.05) is 0 Å². The summed E-state index contributed by atoms with van der Waals surface area (Å²) in [4.78, 5) is 0. The summed E-state index contributed by atoms with van der Waals surface area (Å²) in [5.74, 6) is 0.564. The maximum absolute atomic E-state index is 2.47. The first kappa shape index (κ1) is 26.2.